The molecule has 0 spiro atoms. The summed E-state index contributed by atoms with van der Waals surface area (Å²) < 4.78 is 26.1. The number of hydrogen-bond acceptors (Lipinski definition) is 5. The summed E-state index contributed by atoms with van der Waals surface area (Å²) in [5.74, 6) is -0.457. The predicted octanol–water partition coefficient (Wildman–Crippen LogP) is 3.72. The molecule has 30 heavy (non-hydrogen) atoms. The Balaban J connectivity index is 2.39. The van der Waals surface area contributed by atoms with Crippen molar-refractivity contribution < 1.29 is 18.1 Å². The zero-order valence-electron chi connectivity index (χ0n) is 17.5. The van der Waals surface area contributed by atoms with Crippen molar-refractivity contribution in [3.05, 3.63) is 69.8 Å². The molecule has 2 aromatic rings. The van der Waals surface area contributed by atoms with Gasteiger partial charge in [0.2, 0.25) is 15.9 Å². The fourth-order valence-electron chi connectivity index (χ4n) is 3.29. The van der Waals surface area contributed by atoms with Crippen LogP contribution in [-0.4, -0.2) is 31.5 Å². The monoisotopic (exact) mass is 433 g/mol. The highest BCUT2D eigenvalue weighted by atomic mass is 32.2. The molecule has 2 rings (SSSR count). The third kappa shape index (κ3) is 5.56. The number of rotatable bonds is 9. The van der Waals surface area contributed by atoms with Crippen molar-refractivity contribution in [1.29, 1.82) is 0 Å². The zero-order valence-corrected chi connectivity index (χ0v) is 18.3. The molecule has 0 heterocycles. The summed E-state index contributed by atoms with van der Waals surface area (Å²) in [6.45, 7) is 5.60. The van der Waals surface area contributed by atoms with E-state index >= 15 is 0 Å². The first kappa shape index (κ1) is 23.3. The lowest BCUT2D eigenvalue weighted by Crippen LogP contribution is -2.50. The third-order valence-corrected chi connectivity index (χ3v) is 6.01. The second-order valence-corrected chi connectivity index (χ2v) is 9.00. The molecule has 2 aromatic carbocycles. The topological polar surface area (TPSA) is 110 Å². The van der Waals surface area contributed by atoms with E-state index in [1.54, 1.807) is 6.92 Å². The number of carbonyl (C=O) groups is 1. The molecule has 0 aliphatic carbocycles. The van der Waals surface area contributed by atoms with Crippen LogP contribution < -0.4 is 9.62 Å². The van der Waals surface area contributed by atoms with Crippen LogP contribution in [0.3, 0.4) is 0 Å². The Hall–Kier alpha value is -2.94. The minimum atomic E-state index is -3.88. The Morgan fingerprint density at radius 1 is 1.13 bits per heavy atom. The quantitative estimate of drug-likeness (QED) is 0.479. The van der Waals surface area contributed by atoms with Crippen molar-refractivity contribution in [1.82, 2.24) is 5.32 Å². The van der Waals surface area contributed by atoms with Gasteiger partial charge in [-0.15, -0.1) is 0 Å². The minimum absolute atomic E-state index is 0.0806. The molecule has 0 radical (unpaired) electrons. The van der Waals surface area contributed by atoms with Gasteiger partial charge in [0.15, 0.2) is 0 Å². The molecule has 0 aromatic heterocycles. The van der Waals surface area contributed by atoms with Crippen molar-refractivity contribution in [2.24, 2.45) is 0 Å². The smallest absolute Gasteiger partial charge is 0.271 e. The average molecular weight is 434 g/mol. The number of benzene rings is 2. The molecular formula is C21H27N3O5S. The molecule has 1 amide bonds. The Labute approximate surface area is 177 Å². The van der Waals surface area contributed by atoms with Crippen molar-refractivity contribution in [2.75, 3.05) is 10.6 Å². The van der Waals surface area contributed by atoms with E-state index in [2.05, 4.69) is 5.32 Å². The number of amides is 1. The van der Waals surface area contributed by atoms with E-state index in [1.807, 2.05) is 38.1 Å². The van der Waals surface area contributed by atoms with Crippen molar-refractivity contribution in [3.63, 3.8) is 0 Å². The van der Waals surface area contributed by atoms with E-state index in [4.69, 9.17) is 0 Å². The third-order valence-electron chi connectivity index (χ3n) is 4.83. The lowest BCUT2D eigenvalue weighted by atomic mass is 10.0. The number of non-ortho nitro benzene ring substituents is 1. The van der Waals surface area contributed by atoms with Gasteiger partial charge in [-0.2, -0.15) is 0 Å². The summed E-state index contributed by atoms with van der Waals surface area (Å²) in [5, 5.41) is 14.1. The van der Waals surface area contributed by atoms with Gasteiger partial charge in [0.25, 0.3) is 5.69 Å². The van der Waals surface area contributed by atoms with E-state index in [1.165, 1.54) is 18.2 Å². The molecule has 0 saturated heterocycles. The van der Waals surface area contributed by atoms with E-state index < -0.39 is 26.9 Å². The molecule has 8 nitrogen and oxygen atoms in total. The Kier molecular flexibility index (Phi) is 7.55. The summed E-state index contributed by atoms with van der Waals surface area (Å²) in [6, 6.07) is 11.7. The number of anilines is 1. The van der Waals surface area contributed by atoms with Crippen LogP contribution in [-0.2, 0) is 14.8 Å². The van der Waals surface area contributed by atoms with Crippen molar-refractivity contribution in [2.45, 2.75) is 45.7 Å². The van der Waals surface area contributed by atoms with Crippen LogP contribution in [0.4, 0.5) is 11.4 Å². The van der Waals surface area contributed by atoms with Gasteiger partial charge in [-0.3, -0.25) is 19.2 Å². The molecule has 9 heteroatoms. The van der Waals surface area contributed by atoms with E-state index in [9.17, 15) is 23.3 Å². The Morgan fingerprint density at radius 3 is 2.27 bits per heavy atom. The molecule has 0 bridgehead atoms. The number of sulfonamides is 1. The average Bonchev–Trinajstić information content (AvgIpc) is 2.69. The predicted molar refractivity (Wildman–Crippen MR) is 117 cm³/mol. The molecule has 0 fully saturated rings. The van der Waals surface area contributed by atoms with Crippen molar-refractivity contribution in [3.8, 4) is 0 Å². The van der Waals surface area contributed by atoms with E-state index in [0.717, 1.165) is 27.8 Å². The highest BCUT2D eigenvalue weighted by Crippen LogP contribution is 2.27. The number of carbonyl (C=O) groups excluding carboxylic acids is 1. The van der Waals surface area contributed by atoms with Gasteiger partial charge in [-0.25, -0.2) is 8.42 Å². The van der Waals surface area contributed by atoms with Crippen molar-refractivity contribution >= 4 is 27.3 Å². The van der Waals surface area contributed by atoms with Crippen LogP contribution in [0.2, 0.25) is 0 Å². The van der Waals surface area contributed by atoms with Gasteiger partial charge in [0.1, 0.15) is 6.04 Å². The fraction of sp³-hybridized carbons (Fsp3) is 0.381. The summed E-state index contributed by atoms with van der Waals surface area (Å²) in [5.41, 5.74) is 1.85. The maximum absolute atomic E-state index is 13.1. The molecule has 0 aliphatic heterocycles. The lowest BCUT2D eigenvalue weighted by Gasteiger charge is -2.31. The van der Waals surface area contributed by atoms with E-state index in [-0.39, 0.29) is 23.8 Å². The number of nitro groups is 1. The van der Waals surface area contributed by atoms with Gasteiger partial charge in [0.05, 0.1) is 22.9 Å². The number of hydrogen-bond donors (Lipinski definition) is 1. The molecule has 0 saturated carbocycles. The second-order valence-electron chi connectivity index (χ2n) is 7.14. The van der Waals surface area contributed by atoms with Crippen LogP contribution in [0, 0.1) is 17.0 Å². The Morgan fingerprint density at radius 2 is 1.77 bits per heavy atom. The number of nitrogens with zero attached hydrogens (tertiary/aromatic N) is 2. The molecular weight excluding hydrogens is 406 g/mol. The van der Waals surface area contributed by atoms with Gasteiger partial charge >= 0.3 is 0 Å². The summed E-state index contributed by atoms with van der Waals surface area (Å²) in [6.07, 6.45) is 1.81. The van der Waals surface area contributed by atoms with Crippen LogP contribution in [0.15, 0.2) is 48.5 Å². The SMILES string of the molecule is CC[C@H](C(=O)N[C@H](CC)c1ccc(C)cc1)N(c1cccc([N+](=O)[O-])c1)S(C)(=O)=O. The van der Waals surface area contributed by atoms with E-state index in [0.29, 0.717) is 6.42 Å². The molecule has 2 atom stereocenters. The molecule has 162 valence electrons. The first-order valence-corrected chi connectivity index (χ1v) is 11.5. The number of nitro benzene ring substituents is 1. The fourth-order valence-corrected chi connectivity index (χ4v) is 4.50. The maximum Gasteiger partial charge on any atom is 0.271 e. The molecule has 1 N–H and O–H groups in total. The number of aryl methyl sites for hydroxylation is 1. The van der Waals surface area contributed by atoms with Gasteiger partial charge in [-0.1, -0.05) is 49.7 Å². The van der Waals surface area contributed by atoms with Crippen LogP contribution >= 0.6 is 0 Å². The summed E-state index contributed by atoms with van der Waals surface area (Å²) in [7, 11) is -3.88. The van der Waals surface area contributed by atoms with Gasteiger partial charge in [0, 0.05) is 12.1 Å². The summed E-state index contributed by atoms with van der Waals surface area (Å²) in [4.78, 5) is 23.6. The number of nitrogens with one attached hydrogen (secondary N) is 1. The standard InChI is InChI=1S/C21H27N3O5S/c1-5-19(16-12-10-15(3)11-13-16)22-21(25)20(6-2)23(30(4,28)29)17-8-7-9-18(14-17)24(26)27/h7-14,19-20H,5-6H2,1-4H3,(H,22,25)/t19-,20-/m1/s1. The zero-order chi connectivity index (χ0) is 22.5. The van der Waals surface area contributed by atoms with Crippen LogP contribution in [0.1, 0.15) is 43.9 Å². The highest BCUT2D eigenvalue weighted by Gasteiger charge is 2.33. The Bertz CT molecular complexity index is 1010. The first-order valence-electron chi connectivity index (χ1n) is 9.69. The summed E-state index contributed by atoms with van der Waals surface area (Å²) >= 11 is 0. The lowest BCUT2D eigenvalue weighted by molar-refractivity contribution is -0.384. The largest absolute Gasteiger partial charge is 0.347 e. The first-order chi connectivity index (χ1) is 14.1. The normalized spacial score (nSPS) is 13.3. The maximum atomic E-state index is 13.1. The van der Waals surface area contributed by atoms with Gasteiger partial charge < -0.3 is 5.32 Å². The molecule has 0 unspecified atom stereocenters. The van der Waals surface area contributed by atoms with Gasteiger partial charge in [-0.05, 0) is 31.4 Å². The minimum Gasteiger partial charge on any atom is -0.347 e. The van der Waals surface area contributed by atoms with Crippen LogP contribution in [0.5, 0.6) is 0 Å². The second kappa shape index (κ2) is 9.71. The molecule has 0 aliphatic rings. The highest BCUT2D eigenvalue weighted by molar-refractivity contribution is 7.92. The van der Waals surface area contributed by atoms with Crippen LogP contribution in [0.25, 0.3) is 0 Å².